The van der Waals surface area contributed by atoms with Gasteiger partial charge in [-0.3, -0.25) is 9.98 Å². The smallest absolute Gasteiger partial charge is 0.0662 e. The van der Waals surface area contributed by atoms with E-state index in [4.69, 9.17) is 0 Å². The SMILES string of the molecule is Cc1cccc(N=CC=Nc2cccc(C)c2C)c1C. The molecule has 0 radical (unpaired) electrons. The summed E-state index contributed by atoms with van der Waals surface area (Å²) >= 11 is 0. The molecule has 0 unspecified atom stereocenters. The molecule has 2 aromatic carbocycles. The van der Waals surface area contributed by atoms with Gasteiger partial charge in [0.15, 0.2) is 0 Å². The molecular formula is C18H20N2. The zero-order valence-corrected chi connectivity index (χ0v) is 12.5. The molecule has 0 amide bonds. The minimum Gasteiger partial charge on any atom is -0.255 e. The number of nitrogens with zero attached hydrogens (tertiary/aromatic N) is 2. The summed E-state index contributed by atoms with van der Waals surface area (Å²) in [4.78, 5) is 8.92. The van der Waals surface area contributed by atoms with E-state index in [0.717, 1.165) is 11.4 Å². The number of aryl methyl sites for hydroxylation is 2. The molecule has 102 valence electrons. The van der Waals surface area contributed by atoms with Crippen LogP contribution in [0.4, 0.5) is 11.4 Å². The highest BCUT2D eigenvalue weighted by molar-refractivity contribution is 6.17. The summed E-state index contributed by atoms with van der Waals surface area (Å²) < 4.78 is 0. The number of hydrogen-bond donors (Lipinski definition) is 0. The molecule has 0 aliphatic heterocycles. The molecule has 0 bridgehead atoms. The van der Waals surface area contributed by atoms with Crippen molar-refractivity contribution in [2.75, 3.05) is 0 Å². The Morgan fingerprint density at radius 3 is 1.45 bits per heavy atom. The van der Waals surface area contributed by atoms with E-state index in [1.807, 2.05) is 24.3 Å². The lowest BCUT2D eigenvalue weighted by Crippen LogP contribution is -1.83. The van der Waals surface area contributed by atoms with Crippen LogP contribution in [0, 0.1) is 27.7 Å². The first kappa shape index (κ1) is 14.2. The second-order valence-corrected chi connectivity index (χ2v) is 4.99. The highest BCUT2D eigenvalue weighted by Gasteiger charge is 1.98. The quantitative estimate of drug-likeness (QED) is 0.695. The third-order valence-electron chi connectivity index (χ3n) is 3.65. The van der Waals surface area contributed by atoms with Crippen LogP contribution in [-0.2, 0) is 0 Å². The van der Waals surface area contributed by atoms with Crippen LogP contribution in [0.5, 0.6) is 0 Å². The Morgan fingerprint density at radius 2 is 1.05 bits per heavy atom. The number of benzene rings is 2. The second kappa shape index (κ2) is 6.29. The number of aliphatic imine (C=N–C) groups is 2. The first-order valence-electron chi connectivity index (χ1n) is 6.78. The van der Waals surface area contributed by atoms with Crippen molar-refractivity contribution < 1.29 is 0 Å². The summed E-state index contributed by atoms with van der Waals surface area (Å²) in [6.07, 6.45) is 3.51. The summed E-state index contributed by atoms with van der Waals surface area (Å²) in [7, 11) is 0. The maximum atomic E-state index is 4.46. The van der Waals surface area contributed by atoms with Gasteiger partial charge in [0.05, 0.1) is 11.4 Å². The van der Waals surface area contributed by atoms with Crippen LogP contribution in [-0.4, -0.2) is 12.4 Å². The Kier molecular flexibility index (Phi) is 4.46. The molecule has 0 fully saturated rings. The molecule has 2 aromatic rings. The van der Waals surface area contributed by atoms with Crippen molar-refractivity contribution in [3.63, 3.8) is 0 Å². The molecule has 0 heterocycles. The van der Waals surface area contributed by atoms with Crippen LogP contribution < -0.4 is 0 Å². The van der Waals surface area contributed by atoms with E-state index in [9.17, 15) is 0 Å². The Balaban J connectivity index is 2.15. The van der Waals surface area contributed by atoms with Crippen LogP contribution in [0.2, 0.25) is 0 Å². The third-order valence-corrected chi connectivity index (χ3v) is 3.65. The van der Waals surface area contributed by atoms with Gasteiger partial charge < -0.3 is 0 Å². The van der Waals surface area contributed by atoms with Gasteiger partial charge in [-0.05, 0) is 62.1 Å². The van der Waals surface area contributed by atoms with E-state index in [-0.39, 0.29) is 0 Å². The highest BCUT2D eigenvalue weighted by atomic mass is 14.8. The largest absolute Gasteiger partial charge is 0.255 e. The van der Waals surface area contributed by atoms with Crippen molar-refractivity contribution in [1.82, 2.24) is 0 Å². The van der Waals surface area contributed by atoms with Crippen molar-refractivity contribution in [3.8, 4) is 0 Å². The summed E-state index contributed by atoms with van der Waals surface area (Å²) in [5.41, 5.74) is 6.93. The fraction of sp³-hybridized carbons (Fsp3) is 0.222. The van der Waals surface area contributed by atoms with Crippen LogP contribution in [0.3, 0.4) is 0 Å². The van der Waals surface area contributed by atoms with Crippen molar-refractivity contribution in [2.24, 2.45) is 9.98 Å². The van der Waals surface area contributed by atoms with E-state index in [1.165, 1.54) is 22.3 Å². The average molecular weight is 264 g/mol. The second-order valence-electron chi connectivity index (χ2n) is 4.99. The van der Waals surface area contributed by atoms with Crippen molar-refractivity contribution in [1.29, 1.82) is 0 Å². The molecular weight excluding hydrogens is 244 g/mol. The zero-order chi connectivity index (χ0) is 14.5. The van der Waals surface area contributed by atoms with Gasteiger partial charge in [-0.15, -0.1) is 0 Å². The summed E-state index contributed by atoms with van der Waals surface area (Å²) in [5, 5.41) is 0. The fourth-order valence-electron chi connectivity index (χ4n) is 1.98. The van der Waals surface area contributed by atoms with E-state index in [1.54, 1.807) is 12.4 Å². The first-order chi connectivity index (χ1) is 9.59. The molecule has 0 aromatic heterocycles. The molecule has 20 heavy (non-hydrogen) atoms. The monoisotopic (exact) mass is 264 g/mol. The van der Waals surface area contributed by atoms with Gasteiger partial charge in [-0.25, -0.2) is 0 Å². The molecule has 2 rings (SSSR count). The Bertz CT molecular complexity index is 608. The number of rotatable bonds is 3. The van der Waals surface area contributed by atoms with Crippen molar-refractivity contribution in [2.45, 2.75) is 27.7 Å². The molecule has 0 saturated heterocycles. The lowest BCUT2D eigenvalue weighted by Gasteiger charge is -2.03. The van der Waals surface area contributed by atoms with Gasteiger partial charge in [0.1, 0.15) is 0 Å². The van der Waals surface area contributed by atoms with Gasteiger partial charge >= 0.3 is 0 Å². The van der Waals surface area contributed by atoms with Gasteiger partial charge in [0.2, 0.25) is 0 Å². The molecule has 0 aliphatic carbocycles. The molecule has 0 atom stereocenters. The predicted molar refractivity (Wildman–Crippen MR) is 88.1 cm³/mol. The van der Waals surface area contributed by atoms with Crippen molar-refractivity contribution >= 4 is 23.8 Å². The van der Waals surface area contributed by atoms with Gasteiger partial charge in [0, 0.05) is 12.4 Å². The maximum Gasteiger partial charge on any atom is 0.0662 e. The molecule has 2 heteroatoms. The molecule has 0 aliphatic rings. The Hall–Kier alpha value is -2.22. The highest BCUT2D eigenvalue weighted by Crippen LogP contribution is 2.21. The van der Waals surface area contributed by atoms with Gasteiger partial charge in [-0.1, -0.05) is 24.3 Å². The molecule has 0 saturated carbocycles. The van der Waals surface area contributed by atoms with Gasteiger partial charge in [-0.2, -0.15) is 0 Å². The Labute approximate surface area is 120 Å². The first-order valence-corrected chi connectivity index (χ1v) is 6.78. The van der Waals surface area contributed by atoms with Crippen LogP contribution in [0.1, 0.15) is 22.3 Å². The van der Waals surface area contributed by atoms with E-state index < -0.39 is 0 Å². The van der Waals surface area contributed by atoms with E-state index in [2.05, 4.69) is 49.8 Å². The topological polar surface area (TPSA) is 24.7 Å². The minimum absolute atomic E-state index is 0.998. The number of hydrogen-bond acceptors (Lipinski definition) is 2. The zero-order valence-electron chi connectivity index (χ0n) is 12.5. The molecule has 2 nitrogen and oxygen atoms in total. The predicted octanol–water partition coefficient (Wildman–Crippen LogP) is 5.03. The molecule has 0 N–H and O–H groups in total. The summed E-state index contributed by atoms with van der Waals surface area (Å²) in [6, 6.07) is 12.3. The lowest BCUT2D eigenvalue weighted by molar-refractivity contribution is 1.31. The maximum absolute atomic E-state index is 4.46. The van der Waals surface area contributed by atoms with Crippen LogP contribution in [0.15, 0.2) is 46.4 Å². The standard InChI is InChI=1S/C18H20N2/c1-13-7-5-9-17(15(13)3)19-11-12-20-18-10-6-8-14(2)16(18)4/h5-12H,1-4H3. The van der Waals surface area contributed by atoms with E-state index >= 15 is 0 Å². The molecule has 0 spiro atoms. The lowest BCUT2D eigenvalue weighted by atomic mass is 10.1. The third kappa shape index (κ3) is 3.21. The van der Waals surface area contributed by atoms with Crippen LogP contribution >= 0.6 is 0 Å². The van der Waals surface area contributed by atoms with Crippen molar-refractivity contribution in [3.05, 3.63) is 58.7 Å². The average Bonchev–Trinajstić information content (AvgIpc) is 2.43. The summed E-state index contributed by atoms with van der Waals surface area (Å²) in [5.74, 6) is 0. The summed E-state index contributed by atoms with van der Waals surface area (Å²) in [6.45, 7) is 8.37. The van der Waals surface area contributed by atoms with E-state index in [0.29, 0.717) is 0 Å². The Morgan fingerprint density at radius 1 is 0.650 bits per heavy atom. The minimum atomic E-state index is 0.998. The van der Waals surface area contributed by atoms with Crippen LogP contribution in [0.25, 0.3) is 0 Å². The van der Waals surface area contributed by atoms with Gasteiger partial charge in [0.25, 0.3) is 0 Å². The normalized spacial score (nSPS) is 11.6. The fourth-order valence-corrected chi connectivity index (χ4v) is 1.98.